The van der Waals surface area contributed by atoms with Crippen LogP contribution < -0.4 is 15.9 Å². The van der Waals surface area contributed by atoms with Gasteiger partial charge in [-0.3, -0.25) is 4.79 Å². The van der Waals surface area contributed by atoms with Crippen LogP contribution in [0.25, 0.3) is 21.3 Å². The van der Waals surface area contributed by atoms with E-state index in [1.54, 1.807) is 33.3 Å². The Hall–Kier alpha value is -3.51. The molecule has 0 radical (unpaired) electrons. The monoisotopic (exact) mass is 542 g/mol. The number of hydrogen-bond donors (Lipinski definition) is 1. The molecule has 1 amide bonds. The second-order valence-electron chi connectivity index (χ2n) is 9.61. The third-order valence-electron chi connectivity index (χ3n) is 5.86. The van der Waals surface area contributed by atoms with Gasteiger partial charge in [0.2, 0.25) is 0 Å². The number of piperazine rings is 1. The molecular formula is C24H27ClN8O3S. The summed E-state index contributed by atoms with van der Waals surface area (Å²) in [6, 6.07) is 5.25. The summed E-state index contributed by atoms with van der Waals surface area (Å²) in [6.45, 7) is 7.72. The highest BCUT2D eigenvalue weighted by Crippen LogP contribution is 2.22. The van der Waals surface area contributed by atoms with Crippen molar-refractivity contribution < 1.29 is 9.53 Å². The van der Waals surface area contributed by atoms with Crippen LogP contribution in [0.5, 0.6) is 0 Å². The molecule has 3 aromatic heterocycles. The fourth-order valence-corrected chi connectivity index (χ4v) is 5.08. The summed E-state index contributed by atoms with van der Waals surface area (Å²) in [6.07, 6.45) is 1.58. The van der Waals surface area contributed by atoms with Crippen LogP contribution in [-0.4, -0.2) is 73.9 Å². The molecule has 194 valence electrons. The molecule has 37 heavy (non-hydrogen) atoms. The predicted octanol–water partition coefficient (Wildman–Crippen LogP) is 3.29. The number of anilines is 1. The van der Waals surface area contributed by atoms with Crippen molar-refractivity contribution in [2.75, 3.05) is 43.0 Å². The molecule has 0 atom stereocenters. The Kier molecular flexibility index (Phi) is 6.86. The second-order valence-corrected chi connectivity index (χ2v) is 10.8. The Morgan fingerprint density at radius 3 is 2.70 bits per heavy atom. The molecule has 0 unspecified atom stereocenters. The first kappa shape index (κ1) is 25.2. The van der Waals surface area contributed by atoms with Gasteiger partial charge in [-0.2, -0.15) is 0 Å². The molecule has 5 rings (SSSR count). The highest BCUT2D eigenvalue weighted by Gasteiger charge is 2.28. The Balaban J connectivity index is 1.40. The van der Waals surface area contributed by atoms with E-state index in [-0.39, 0.29) is 11.7 Å². The summed E-state index contributed by atoms with van der Waals surface area (Å²) in [4.78, 5) is 46.3. The molecular weight excluding hydrogens is 516 g/mol. The highest BCUT2D eigenvalue weighted by molar-refractivity contribution is 7.16. The van der Waals surface area contributed by atoms with Gasteiger partial charge in [0.25, 0.3) is 5.56 Å². The summed E-state index contributed by atoms with van der Waals surface area (Å²) in [5.41, 5.74) is 2.17. The lowest BCUT2D eigenvalue weighted by Gasteiger charge is -2.37. The van der Waals surface area contributed by atoms with Crippen molar-refractivity contribution in [1.82, 2.24) is 29.5 Å². The zero-order valence-corrected chi connectivity index (χ0v) is 22.3. The van der Waals surface area contributed by atoms with Crippen LogP contribution in [0.4, 0.5) is 10.6 Å². The molecule has 0 saturated carbocycles. The highest BCUT2D eigenvalue weighted by atomic mass is 35.5. The van der Waals surface area contributed by atoms with Crippen molar-refractivity contribution in [2.45, 2.75) is 32.8 Å². The van der Waals surface area contributed by atoms with Crippen molar-refractivity contribution in [3.05, 3.63) is 51.2 Å². The van der Waals surface area contributed by atoms with Crippen LogP contribution in [0.1, 0.15) is 26.6 Å². The van der Waals surface area contributed by atoms with Gasteiger partial charge in [-0.1, -0.05) is 17.7 Å². The molecule has 4 heterocycles. The van der Waals surface area contributed by atoms with Crippen molar-refractivity contribution in [3.8, 4) is 0 Å². The van der Waals surface area contributed by atoms with E-state index < -0.39 is 5.60 Å². The van der Waals surface area contributed by atoms with Gasteiger partial charge >= 0.3 is 6.09 Å². The number of benzene rings is 1. The number of halogens is 1. The number of thiazole rings is 1. The molecule has 13 heteroatoms. The minimum atomic E-state index is -0.571. The van der Waals surface area contributed by atoms with Gasteiger partial charge in [0.15, 0.2) is 5.82 Å². The van der Waals surface area contributed by atoms with Crippen LogP contribution >= 0.6 is 22.9 Å². The number of aromatic nitrogens is 5. The normalized spacial score (nSPS) is 14.4. The largest absolute Gasteiger partial charge is 0.444 e. The first-order valence-corrected chi connectivity index (χ1v) is 13.2. The maximum Gasteiger partial charge on any atom is 0.410 e. The molecule has 11 nitrogen and oxygen atoms in total. The standard InChI is InChI=1S/C24H27ClN8O3S/c1-24(2,3)36-23(35)31-9-11-32(12-10-31)33-17(30-16-6-4-5-15(25)18(16)22(33)34)7-8-26-20-19-21(28-13-27-20)37-14-29-19/h4-6,13-14H,7-12H2,1-3H3,(H,26,27,28). The fourth-order valence-electron chi connectivity index (χ4n) is 4.20. The Morgan fingerprint density at radius 1 is 1.16 bits per heavy atom. The Bertz CT molecular complexity index is 1510. The fraction of sp³-hybridized carbons (Fsp3) is 0.417. The van der Waals surface area contributed by atoms with Gasteiger partial charge in [-0.05, 0) is 32.9 Å². The lowest BCUT2D eigenvalue weighted by Crippen LogP contribution is -2.56. The maximum absolute atomic E-state index is 13.7. The van der Waals surface area contributed by atoms with Gasteiger partial charge in [0.05, 0.1) is 34.5 Å². The molecule has 1 fully saturated rings. The molecule has 1 saturated heterocycles. The van der Waals surface area contributed by atoms with Crippen LogP contribution in [0.3, 0.4) is 0 Å². The number of hydrogen-bond acceptors (Lipinski definition) is 10. The quantitative estimate of drug-likeness (QED) is 0.405. The van der Waals surface area contributed by atoms with E-state index in [2.05, 4.69) is 20.3 Å². The number of carbonyl (C=O) groups excluding carboxylic acids is 1. The van der Waals surface area contributed by atoms with E-state index in [9.17, 15) is 9.59 Å². The topological polar surface area (TPSA) is 118 Å². The number of ether oxygens (including phenoxy) is 1. The molecule has 0 bridgehead atoms. The molecule has 1 N–H and O–H groups in total. The number of fused-ring (bicyclic) bond motifs is 2. The van der Waals surface area contributed by atoms with Gasteiger partial charge in [0, 0.05) is 26.1 Å². The number of nitrogens with zero attached hydrogens (tertiary/aromatic N) is 7. The second kappa shape index (κ2) is 10.1. The predicted molar refractivity (Wildman–Crippen MR) is 144 cm³/mol. The summed E-state index contributed by atoms with van der Waals surface area (Å²) < 4.78 is 7.10. The number of nitrogens with one attached hydrogen (secondary N) is 1. The Labute approximate surface area is 222 Å². The lowest BCUT2D eigenvalue weighted by molar-refractivity contribution is 0.0231. The van der Waals surface area contributed by atoms with Crippen LogP contribution in [0.15, 0.2) is 34.8 Å². The smallest absolute Gasteiger partial charge is 0.410 e. The first-order chi connectivity index (χ1) is 17.7. The number of carbonyl (C=O) groups is 1. The molecule has 4 aromatic rings. The lowest BCUT2D eigenvalue weighted by atomic mass is 10.2. The van der Waals surface area contributed by atoms with Crippen molar-refractivity contribution in [3.63, 3.8) is 0 Å². The zero-order valence-electron chi connectivity index (χ0n) is 20.8. The molecule has 0 spiro atoms. The number of amides is 1. The first-order valence-electron chi connectivity index (χ1n) is 11.9. The van der Waals surface area contributed by atoms with E-state index in [1.807, 2.05) is 25.8 Å². The van der Waals surface area contributed by atoms with E-state index in [0.29, 0.717) is 72.2 Å². The maximum atomic E-state index is 13.7. The number of rotatable bonds is 5. The van der Waals surface area contributed by atoms with E-state index in [4.69, 9.17) is 21.3 Å². The minimum absolute atomic E-state index is 0.236. The minimum Gasteiger partial charge on any atom is -0.444 e. The summed E-state index contributed by atoms with van der Waals surface area (Å²) in [5.74, 6) is 1.22. The SMILES string of the molecule is CC(C)(C)OC(=O)N1CCN(n2c(CCNc3ncnc4scnc34)nc3cccc(Cl)c3c2=O)CC1. The van der Waals surface area contributed by atoms with Gasteiger partial charge in [0.1, 0.15) is 28.1 Å². The molecule has 0 aliphatic carbocycles. The van der Waals surface area contributed by atoms with Crippen LogP contribution in [0.2, 0.25) is 5.02 Å². The van der Waals surface area contributed by atoms with E-state index in [1.165, 1.54) is 17.7 Å². The molecule has 1 aliphatic heterocycles. The third kappa shape index (κ3) is 5.30. The van der Waals surface area contributed by atoms with Crippen molar-refractivity contribution >= 4 is 56.1 Å². The van der Waals surface area contributed by atoms with Crippen molar-refractivity contribution in [1.29, 1.82) is 0 Å². The molecule has 1 aromatic carbocycles. The van der Waals surface area contributed by atoms with Gasteiger partial charge in [-0.15, -0.1) is 11.3 Å². The van der Waals surface area contributed by atoms with Crippen molar-refractivity contribution in [2.24, 2.45) is 0 Å². The third-order valence-corrected chi connectivity index (χ3v) is 6.91. The van der Waals surface area contributed by atoms with E-state index >= 15 is 0 Å². The molecule has 1 aliphatic rings. The van der Waals surface area contributed by atoms with Crippen LogP contribution in [-0.2, 0) is 11.2 Å². The summed E-state index contributed by atoms with van der Waals surface area (Å²) in [5, 5.41) is 5.94. The van der Waals surface area contributed by atoms with Crippen LogP contribution in [0, 0.1) is 0 Å². The van der Waals surface area contributed by atoms with Gasteiger partial charge < -0.3 is 20.0 Å². The van der Waals surface area contributed by atoms with Gasteiger partial charge in [-0.25, -0.2) is 29.4 Å². The van der Waals surface area contributed by atoms with E-state index in [0.717, 1.165) is 4.83 Å². The average Bonchev–Trinajstić information content (AvgIpc) is 3.33. The summed E-state index contributed by atoms with van der Waals surface area (Å²) in [7, 11) is 0. The average molecular weight is 543 g/mol. The zero-order chi connectivity index (χ0) is 26.2. The summed E-state index contributed by atoms with van der Waals surface area (Å²) >= 11 is 7.85. The Morgan fingerprint density at radius 2 is 1.95 bits per heavy atom.